The molecule has 0 atom stereocenters. The Morgan fingerprint density at radius 1 is 1.27 bits per heavy atom. The van der Waals surface area contributed by atoms with E-state index in [1.165, 1.54) is 5.01 Å². The zero-order valence-corrected chi connectivity index (χ0v) is 7.06. The van der Waals surface area contributed by atoms with Gasteiger partial charge in [-0.1, -0.05) is 0 Å². The molecule has 0 radical (unpaired) electrons. The van der Waals surface area contributed by atoms with E-state index in [1.54, 1.807) is 0 Å². The van der Waals surface area contributed by atoms with Crippen molar-refractivity contribution in [1.82, 2.24) is 9.91 Å². The molecule has 4 N–H and O–H groups in total. The van der Waals surface area contributed by atoms with Gasteiger partial charge in [0, 0.05) is 19.5 Å². The van der Waals surface area contributed by atoms with E-state index in [9.17, 15) is 0 Å². The summed E-state index contributed by atoms with van der Waals surface area (Å²) < 4.78 is 0. The number of rotatable bonds is 5. The molecule has 0 aromatic rings. The summed E-state index contributed by atoms with van der Waals surface area (Å²) in [6.07, 6.45) is 0.0911. The van der Waals surface area contributed by atoms with Crippen LogP contribution in [0, 0.1) is 0 Å². The first-order valence-electron chi connectivity index (χ1n) is 3.53. The van der Waals surface area contributed by atoms with Crippen LogP contribution >= 0.6 is 0 Å². The maximum atomic E-state index is 8.51. The topological polar surface area (TPSA) is 73.0 Å². The predicted octanol–water partition coefficient (Wildman–Crippen LogP) is -2.26. The van der Waals surface area contributed by atoms with E-state index in [-0.39, 0.29) is 6.44 Å². The van der Waals surface area contributed by atoms with Crippen molar-refractivity contribution in [1.29, 1.82) is 0 Å². The van der Waals surface area contributed by atoms with Gasteiger partial charge in [-0.3, -0.25) is 5.84 Å². The van der Waals surface area contributed by atoms with Crippen LogP contribution in [0.1, 0.15) is 0 Å². The zero-order chi connectivity index (χ0) is 8.85. The van der Waals surface area contributed by atoms with Crippen LogP contribution in [0.25, 0.3) is 0 Å². The van der Waals surface area contributed by atoms with E-state index in [1.807, 2.05) is 19.0 Å². The highest BCUT2D eigenvalue weighted by atomic mass is 16.4. The molecule has 0 bridgehead atoms. The molecule has 5 nitrogen and oxygen atoms in total. The third-order valence-electron chi connectivity index (χ3n) is 1.23. The van der Waals surface area contributed by atoms with Crippen LogP contribution in [0.5, 0.6) is 0 Å². The van der Waals surface area contributed by atoms with Gasteiger partial charge in [-0.15, -0.1) is 0 Å². The summed E-state index contributed by atoms with van der Waals surface area (Å²) in [6, 6.07) is 0. The van der Waals surface area contributed by atoms with Crippen LogP contribution in [0.2, 0.25) is 0 Å². The molecular formula is C5H16BN3O2. The number of likely N-dealkylation sites (N-methyl/N-ethyl adjacent to an activating group) is 1. The molecule has 11 heavy (non-hydrogen) atoms. The summed E-state index contributed by atoms with van der Waals surface area (Å²) in [5, 5.41) is 18.4. The molecule has 0 fully saturated rings. The minimum atomic E-state index is -1.35. The fourth-order valence-corrected chi connectivity index (χ4v) is 0.629. The molecule has 0 rings (SSSR count). The van der Waals surface area contributed by atoms with Crippen molar-refractivity contribution in [3.63, 3.8) is 0 Å². The van der Waals surface area contributed by atoms with Crippen molar-refractivity contribution < 1.29 is 10.0 Å². The van der Waals surface area contributed by atoms with Gasteiger partial charge in [-0.2, -0.15) is 0 Å². The van der Waals surface area contributed by atoms with Gasteiger partial charge < -0.3 is 14.9 Å². The van der Waals surface area contributed by atoms with E-state index >= 15 is 0 Å². The lowest BCUT2D eigenvalue weighted by atomic mass is 9.92. The smallest absolute Gasteiger partial charge is 0.426 e. The summed E-state index contributed by atoms with van der Waals surface area (Å²) >= 11 is 0. The Morgan fingerprint density at radius 2 is 1.82 bits per heavy atom. The Morgan fingerprint density at radius 3 is 2.18 bits per heavy atom. The first kappa shape index (κ1) is 10.9. The van der Waals surface area contributed by atoms with Crippen molar-refractivity contribution in [3.8, 4) is 0 Å². The molecule has 0 unspecified atom stereocenters. The molecular weight excluding hydrogens is 145 g/mol. The van der Waals surface area contributed by atoms with Crippen LogP contribution in [-0.2, 0) is 0 Å². The van der Waals surface area contributed by atoms with Crippen molar-refractivity contribution in [3.05, 3.63) is 0 Å². The lowest BCUT2D eigenvalue weighted by Crippen LogP contribution is -2.43. The minimum Gasteiger partial charge on any atom is -0.426 e. The standard InChI is InChI=1S/C5H16BN3O2/c1-8(2)3-4-9(7)5-6(10)11/h10-11H,3-5,7H2,1-2H3. The highest BCUT2D eigenvalue weighted by Gasteiger charge is 2.10. The SMILES string of the molecule is CN(C)CCN(N)CB(O)O. The summed E-state index contributed by atoms with van der Waals surface area (Å²) in [4.78, 5) is 1.98. The highest BCUT2D eigenvalue weighted by molar-refractivity contribution is 6.41. The number of nitrogens with zero attached hydrogens (tertiary/aromatic N) is 2. The van der Waals surface area contributed by atoms with Gasteiger partial charge in [0.05, 0.1) is 0 Å². The molecule has 0 aliphatic rings. The third kappa shape index (κ3) is 7.76. The van der Waals surface area contributed by atoms with Crippen molar-refractivity contribution >= 4 is 7.12 Å². The van der Waals surface area contributed by atoms with E-state index in [2.05, 4.69) is 0 Å². The molecule has 0 saturated carbocycles. The van der Waals surface area contributed by atoms with E-state index in [0.717, 1.165) is 6.54 Å². The molecule has 66 valence electrons. The molecule has 0 aliphatic carbocycles. The van der Waals surface area contributed by atoms with Crippen LogP contribution in [0.4, 0.5) is 0 Å². The van der Waals surface area contributed by atoms with Gasteiger partial charge >= 0.3 is 7.12 Å². The van der Waals surface area contributed by atoms with Gasteiger partial charge in [0.1, 0.15) is 0 Å². The second-order valence-corrected chi connectivity index (χ2v) is 2.78. The highest BCUT2D eigenvalue weighted by Crippen LogP contribution is 1.80. The first-order valence-corrected chi connectivity index (χ1v) is 3.53. The average Bonchev–Trinajstić information content (AvgIpc) is 1.82. The third-order valence-corrected chi connectivity index (χ3v) is 1.23. The molecule has 0 aromatic carbocycles. The first-order chi connectivity index (χ1) is 5.02. The predicted molar refractivity (Wildman–Crippen MR) is 44.5 cm³/mol. The summed E-state index contributed by atoms with van der Waals surface area (Å²) in [7, 11) is 2.52. The van der Waals surface area contributed by atoms with Crippen LogP contribution in [0.3, 0.4) is 0 Å². The van der Waals surface area contributed by atoms with E-state index in [0.29, 0.717) is 6.54 Å². The lowest BCUT2D eigenvalue weighted by molar-refractivity contribution is 0.252. The van der Waals surface area contributed by atoms with E-state index < -0.39 is 7.12 Å². The maximum absolute atomic E-state index is 8.51. The molecule has 0 spiro atoms. The Labute approximate surface area is 67.5 Å². The number of hydrazine groups is 1. The molecule has 0 aromatic heterocycles. The zero-order valence-electron chi connectivity index (χ0n) is 7.06. The molecule has 0 saturated heterocycles. The second kappa shape index (κ2) is 5.51. The number of hydrogen-bond acceptors (Lipinski definition) is 5. The monoisotopic (exact) mass is 161 g/mol. The van der Waals surface area contributed by atoms with Gasteiger partial charge in [-0.05, 0) is 14.1 Å². The average molecular weight is 161 g/mol. The van der Waals surface area contributed by atoms with Crippen LogP contribution in [0.15, 0.2) is 0 Å². The molecule has 6 heteroatoms. The maximum Gasteiger partial charge on any atom is 0.468 e. The summed E-state index contributed by atoms with van der Waals surface area (Å²) in [6.45, 7) is 1.44. The van der Waals surface area contributed by atoms with Crippen molar-refractivity contribution in [2.75, 3.05) is 33.6 Å². The normalized spacial score (nSPS) is 11.2. The Bertz CT molecular complexity index is 102. The number of nitrogens with two attached hydrogens (primary N) is 1. The van der Waals surface area contributed by atoms with Crippen molar-refractivity contribution in [2.24, 2.45) is 5.84 Å². The van der Waals surface area contributed by atoms with Crippen LogP contribution < -0.4 is 5.84 Å². The largest absolute Gasteiger partial charge is 0.468 e. The van der Waals surface area contributed by atoms with Gasteiger partial charge in [0.2, 0.25) is 0 Å². The summed E-state index contributed by atoms with van der Waals surface area (Å²) in [5.74, 6) is 5.41. The lowest BCUT2D eigenvalue weighted by Gasteiger charge is -2.17. The Balaban J connectivity index is 3.29. The van der Waals surface area contributed by atoms with Crippen molar-refractivity contribution in [2.45, 2.75) is 0 Å². The Hall–Kier alpha value is -0.135. The van der Waals surface area contributed by atoms with Gasteiger partial charge in [-0.25, -0.2) is 5.01 Å². The second-order valence-electron chi connectivity index (χ2n) is 2.78. The van der Waals surface area contributed by atoms with E-state index in [4.69, 9.17) is 15.9 Å². The summed E-state index contributed by atoms with van der Waals surface area (Å²) in [5.41, 5.74) is 0. The molecule has 0 heterocycles. The fraction of sp³-hybridized carbons (Fsp3) is 1.00. The molecule has 0 amide bonds. The Kier molecular flexibility index (Phi) is 5.44. The molecule has 0 aliphatic heterocycles. The van der Waals surface area contributed by atoms with Crippen LogP contribution in [-0.4, -0.2) is 60.7 Å². The number of hydrogen-bond donors (Lipinski definition) is 3. The fourth-order valence-electron chi connectivity index (χ4n) is 0.629. The van der Waals surface area contributed by atoms with Gasteiger partial charge in [0.25, 0.3) is 0 Å². The quantitative estimate of drug-likeness (QED) is 0.241. The van der Waals surface area contributed by atoms with Gasteiger partial charge in [0.15, 0.2) is 0 Å². The minimum absolute atomic E-state index is 0.0911.